The van der Waals surface area contributed by atoms with Gasteiger partial charge in [-0.1, -0.05) is 6.92 Å². The van der Waals surface area contributed by atoms with Gasteiger partial charge in [-0.25, -0.2) is 0 Å². The van der Waals surface area contributed by atoms with Crippen LogP contribution in [0, 0.1) is 73.1 Å². The molecule has 1 aliphatic rings. The Bertz CT molecular complexity index is 552. The number of halogens is 6. The largest absolute Gasteiger partial charge is 2.00 e. The fraction of sp³-hybridized carbons (Fsp3) is 0.476. The first kappa shape index (κ1) is 31.9. The van der Waals surface area contributed by atoms with Gasteiger partial charge in [-0.15, -0.1) is 0 Å². The molecular weight excluding hydrogens is 467 g/mol. The van der Waals surface area contributed by atoms with Crippen molar-refractivity contribution >= 4 is 7.81 Å². The Morgan fingerprint density at radius 3 is 1.17 bits per heavy atom. The maximum Gasteiger partial charge on any atom is 2.00 e. The molecule has 0 atom stereocenters. The van der Waals surface area contributed by atoms with Gasteiger partial charge in [-0.05, 0) is 119 Å². The zero-order valence-corrected chi connectivity index (χ0v) is 20.5. The summed E-state index contributed by atoms with van der Waals surface area (Å²) >= 11 is 0. The van der Waals surface area contributed by atoms with Gasteiger partial charge in [0.2, 0.25) is 0 Å². The summed E-state index contributed by atoms with van der Waals surface area (Å²) in [5.41, 5.74) is 8.73. The van der Waals surface area contributed by atoms with E-state index in [2.05, 4.69) is 79.5 Å². The van der Waals surface area contributed by atoms with Crippen LogP contribution in [-0.4, -0.2) is 13.1 Å². The van der Waals surface area contributed by atoms with Crippen LogP contribution < -0.4 is 5.32 Å². The van der Waals surface area contributed by atoms with Gasteiger partial charge in [0, 0.05) is 6.54 Å². The summed E-state index contributed by atoms with van der Waals surface area (Å²) in [6.07, 6.45) is 9.64. The predicted molar refractivity (Wildman–Crippen MR) is 112 cm³/mol. The Morgan fingerprint density at radius 2 is 0.933 bits per heavy atom. The Kier molecular flexibility index (Phi) is 12.3. The van der Waals surface area contributed by atoms with E-state index in [4.69, 9.17) is 0 Å². The first-order valence-corrected chi connectivity index (χ1v) is 11.4. The van der Waals surface area contributed by atoms with Crippen molar-refractivity contribution in [3.8, 4) is 0 Å². The van der Waals surface area contributed by atoms with Crippen LogP contribution in [0.1, 0.15) is 46.7 Å². The van der Waals surface area contributed by atoms with Gasteiger partial charge >= 0.3 is 50.1 Å². The number of hydrogen-bond acceptors (Lipinski definition) is 1. The van der Waals surface area contributed by atoms with Crippen LogP contribution in [0.2, 0.25) is 0 Å². The van der Waals surface area contributed by atoms with Gasteiger partial charge in [0.15, 0.2) is 0 Å². The summed E-state index contributed by atoms with van der Waals surface area (Å²) in [6.45, 7) is 17.6. The second-order valence-electron chi connectivity index (χ2n) is 7.18. The standard InChI is InChI=1S/C12H18.C9H14N.F6P.Fe/c1-7-8(2)10(4)12(6)11(5)9(7)3;1-2-7-10-8-9-5-3-4-6-9;1-7(2,3,4,5)6;/h1-6H3;3-6,10H,2,7-8H2,1H3;;/q;;-1;+2. The molecule has 1 saturated carbocycles. The van der Waals surface area contributed by atoms with Crippen LogP contribution in [-0.2, 0) is 17.1 Å². The minimum absolute atomic E-state index is 0. The van der Waals surface area contributed by atoms with E-state index in [-0.39, 0.29) is 17.1 Å². The van der Waals surface area contributed by atoms with Gasteiger partial charge in [0.1, 0.15) is 0 Å². The van der Waals surface area contributed by atoms with E-state index in [9.17, 15) is 25.2 Å². The molecule has 1 aliphatic carbocycles. The molecule has 1 aromatic carbocycles. The molecular formula is C21H32F6FeNP+. The van der Waals surface area contributed by atoms with Crippen molar-refractivity contribution in [3.05, 3.63) is 65.0 Å². The number of rotatable bonds is 4. The molecule has 0 spiro atoms. The third kappa shape index (κ3) is 15.5. The Hall–Kier alpha value is -0.291. The van der Waals surface area contributed by atoms with E-state index in [0.29, 0.717) is 0 Å². The van der Waals surface area contributed by atoms with Crippen molar-refractivity contribution in [3.63, 3.8) is 0 Å². The molecule has 0 bridgehead atoms. The van der Waals surface area contributed by atoms with Crippen molar-refractivity contribution in [2.45, 2.75) is 54.9 Å². The first-order chi connectivity index (χ1) is 12.8. The smallest absolute Gasteiger partial charge is 2.00 e. The van der Waals surface area contributed by atoms with Gasteiger partial charge in [0.05, 0.1) is 0 Å². The molecule has 30 heavy (non-hydrogen) atoms. The van der Waals surface area contributed by atoms with Crippen molar-refractivity contribution < 1.29 is 42.3 Å². The average Bonchev–Trinajstić information content (AvgIpc) is 3.08. The molecule has 1 N–H and O–H groups in total. The van der Waals surface area contributed by atoms with E-state index in [1.807, 2.05) is 0 Å². The fourth-order valence-corrected chi connectivity index (χ4v) is 2.63. The second-order valence-corrected chi connectivity index (χ2v) is 9.09. The van der Waals surface area contributed by atoms with Crippen LogP contribution in [0.15, 0.2) is 0 Å². The number of nitrogens with one attached hydrogen (secondary N) is 1. The molecule has 1 nitrogen and oxygen atoms in total. The zero-order chi connectivity index (χ0) is 23.1. The van der Waals surface area contributed by atoms with Crippen molar-refractivity contribution in [1.82, 2.24) is 5.32 Å². The van der Waals surface area contributed by atoms with Gasteiger partial charge in [0.25, 0.3) is 0 Å². The van der Waals surface area contributed by atoms with E-state index in [1.54, 1.807) is 0 Å². The maximum atomic E-state index is 9.87. The number of hydrogen-bond donors (Lipinski definition) is 1. The van der Waals surface area contributed by atoms with Crippen LogP contribution >= 0.6 is 7.81 Å². The van der Waals surface area contributed by atoms with Crippen LogP contribution in [0.25, 0.3) is 0 Å². The summed E-state index contributed by atoms with van der Waals surface area (Å²) in [7, 11) is -10.7. The Morgan fingerprint density at radius 1 is 0.667 bits per heavy atom. The molecule has 2 rings (SSSR count). The molecule has 1 aromatic rings. The summed E-state index contributed by atoms with van der Waals surface area (Å²) in [4.78, 5) is 0. The SMILES string of the molecule is CCCNC[C]1[CH][CH][CH][CH]1.Cc1c(C)c(C)c(C)c(C)c1C.F[P-](F)(F)(F)(F)F.[Fe+2]. The second kappa shape index (κ2) is 11.5. The fourth-order valence-electron chi connectivity index (χ4n) is 2.63. The van der Waals surface area contributed by atoms with Gasteiger partial charge in [-0.3, -0.25) is 0 Å². The molecule has 5 radical (unpaired) electrons. The van der Waals surface area contributed by atoms with E-state index in [0.717, 1.165) is 13.1 Å². The van der Waals surface area contributed by atoms with Crippen molar-refractivity contribution in [2.24, 2.45) is 0 Å². The summed E-state index contributed by atoms with van der Waals surface area (Å²) in [5, 5.41) is 3.34. The van der Waals surface area contributed by atoms with Crippen molar-refractivity contribution in [1.29, 1.82) is 0 Å². The van der Waals surface area contributed by atoms with Crippen LogP contribution in [0.3, 0.4) is 0 Å². The van der Waals surface area contributed by atoms with Gasteiger partial charge < -0.3 is 5.32 Å². The minimum atomic E-state index is -10.7. The van der Waals surface area contributed by atoms with Crippen molar-refractivity contribution in [2.75, 3.05) is 13.1 Å². The normalized spacial score (nSPS) is 16.3. The molecule has 175 valence electrons. The molecule has 0 heterocycles. The summed E-state index contributed by atoms with van der Waals surface area (Å²) in [5.74, 6) is 1.38. The van der Waals surface area contributed by atoms with Crippen LogP contribution in [0.4, 0.5) is 25.2 Å². The number of benzene rings is 1. The van der Waals surface area contributed by atoms with E-state index >= 15 is 0 Å². The van der Waals surface area contributed by atoms with E-state index < -0.39 is 7.81 Å². The molecule has 0 unspecified atom stereocenters. The third-order valence-electron chi connectivity index (χ3n) is 4.86. The topological polar surface area (TPSA) is 12.0 Å². The molecule has 0 aliphatic heterocycles. The predicted octanol–water partition coefficient (Wildman–Crippen LogP) is 8.31. The molecule has 0 aromatic heterocycles. The zero-order valence-electron chi connectivity index (χ0n) is 18.5. The third-order valence-corrected chi connectivity index (χ3v) is 4.86. The molecule has 0 amide bonds. The minimum Gasteiger partial charge on any atom is 2.00 e. The quantitative estimate of drug-likeness (QED) is 0.190. The van der Waals surface area contributed by atoms with Crippen LogP contribution in [0.5, 0.6) is 0 Å². The van der Waals surface area contributed by atoms with Gasteiger partial charge in [-0.2, -0.15) is 0 Å². The van der Waals surface area contributed by atoms with E-state index in [1.165, 1.54) is 45.7 Å². The molecule has 1 fully saturated rings. The summed E-state index contributed by atoms with van der Waals surface area (Å²) in [6, 6.07) is 0. The summed E-state index contributed by atoms with van der Waals surface area (Å²) < 4.78 is 59.2. The Labute approximate surface area is 188 Å². The molecule has 0 saturated heterocycles. The average molecular weight is 499 g/mol. The Balaban J connectivity index is 0. The monoisotopic (exact) mass is 499 g/mol. The maximum absolute atomic E-state index is 10.7. The molecule has 9 heteroatoms. The first-order valence-electron chi connectivity index (χ1n) is 9.36.